The Morgan fingerprint density at radius 2 is 1.40 bits per heavy atom. The van der Waals surface area contributed by atoms with Crippen LogP contribution in [0.2, 0.25) is 0 Å². The van der Waals surface area contributed by atoms with Crippen LogP contribution >= 0.6 is 0 Å². The van der Waals surface area contributed by atoms with Crippen LogP contribution in [0.3, 0.4) is 0 Å². The van der Waals surface area contributed by atoms with Crippen molar-refractivity contribution in [3.63, 3.8) is 0 Å². The van der Waals surface area contributed by atoms with Gasteiger partial charge in [0.15, 0.2) is 0 Å². The number of hydrogen-bond donors (Lipinski definition) is 1. The molecule has 0 unspecified atom stereocenters. The lowest BCUT2D eigenvalue weighted by Crippen LogP contribution is -2.25. The molecule has 0 saturated heterocycles. The Balaban J connectivity index is 2.13. The van der Waals surface area contributed by atoms with Crippen LogP contribution in [0.25, 0.3) is 0 Å². The van der Waals surface area contributed by atoms with Gasteiger partial charge in [-0.1, -0.05) is 60.7 Å². The highest BCUT2D eigenvalue weighted by molar-refractivity contribution is 6.34. The van der Waals surface area contributed by atoms with Crippen LogP contribution < -0.4 is 0 Å². The maximum Gasteiger partial charge on any atom is 0.636 e. The van der Waals surface area contributed by atoms with Crippen molar-refractivity contribution in [2.75, 3.05) is 13.2 Å². The van der Waals surface area contributed by atoms with Gasteiger partial charge in [0.25, 0.3) is 0 Å². The van der Waals surface area contributed by atoms with E-state index in [9.17, 15) is 5.02 Å². The molecule has 0 amide bonds. The van der Waals surface area contributed by atoms with E-state index in [4.69, 9.17) is 9.31 Å². The van der Waals surface area contributed by atoms with E-state index >= 15 is 0 Å². The molecule has 20 heavy (non-hydrogen) atoms. The average Bonchev–Trinajstić information content (AvgIpc) is 2.50. The second kappa shape index (κ2) is 7.85. The summed E-state index contributed by atoms with van der Waals surface area (Å²) >= 11 is 0. The zero-order chi connectivity index (χ0) is 14.2. The molecule has 4 heteroatoms. The summed E-state index contributed by atoms with van der Waals surface area (Å²) in [5.74, 6) is 0.0764. The molecule has 0 fully saturated rings. The molecule has 0 aliphatic carbocycles. The summed E-state index contributed by atoms with van der Waals surface area (Å²) in [6.07, 6.45) is 0. The molecular formula is C16H19BO3. The predicted molar refractivity (Wildman–Crippen MR) is 80.3 cm³/mol. The second-order valence-corrected chi connectivity index (χ2v) is 4.47. The van der Waals surface area contributed by atoms with Crippen LogP contribution in [0, 0.1) is 0 Å². The van der Waals surface area contributed by atoms with Crippen LogP contribution in [0.1, 0.15) is 24.0 Å². The lowest BCUT2D eigenvalue weighted by Gasteiger charge is -2.19. The fourth-order valence-corrected chi connectivity index (χ4v) is 2.12. The Morgan fingerprint density at radius 1 is 0.900 bits per heavy atom. The Kier molecular flexibility index (Phi) is 5.80. The third-order valence-corrected chi connectivity index (χ3v) is 3.12. The van der Waals surface area contributed by atoms with Crippen molar-refractivity contribution in [1.29, 1.82) is 0 Å². The minimum absolute atomic E-state index is 0.0764. The molecule has 0 bridgehead atoms. The van der Waals surface area contributed by atoms with Crippen molar-refractivity contribution in [2.24, 2.45) is 0 Å². The van der Waals surface area contributed by atoms with E-state index in [0.717, 1.165) is 11.1 Å². The summed E-state index contributed by atoms with van der Waals surface area (Å²) in [5, 5.41) is 9.55. The molecule has 0 aliphatic heterocycles. The molecule has 0 aromatic heterocycles. The Labute approximate surface area is 120 Å². The summed E-state index contributed by atoms with van der Waals surface area (Å²) in [7, 11) is -1.17. The highest BCUT2D eigenvalue weighted by atomic mass is 16.7. The summed E-state index contributed by atoms with van der Waals surface area (Å²) in [6.45, 7) is 2.61. The van der Waals surface area contributed by atoms with Crippen LogP contribution in [0.15, 0.2) is 60.7 Å². The Morgan fingerprint density at radius 3 is 1.85 bits per heavy atom. The van der Waals surface area contributed by atoms with Crippen molar-refractivity contribution in [3.8, 4) is 0 Å². The molecule has 0 atom stereocenters. The Hall–Kier alpha value is -1.62. The lowest BCUT2D eigenvalue weighted by molar-refractivity contribution is 0.135. The van der Waals surface area contributed by atoms with Crippen LogP contribution in [0.5, 0.6) is 0 Å². The quantitative estimate of drug-likeness (QED) is 0.786. The maximum absolute atomic E-state index is 9.55. The minimum Gasteiger partial charge on any atom is -0.402 e. The first-order valence-electron chi connectivity index (χ1n) is 6.82. The zero-order valence-corrected chi connectivity index (χ0v) is 11.6. The molecule has 0 saturated carbocycles. The lowest BCUT2D eigenvalue weighted by atomic mass is 9.92. The van der Waals surface area contributed by atoms with Gasteiger partial charge in [-0.25, -0.2) is 0 Å². The SMILES string of the molecule is CCOB(O)OCC(c1ccccc1)c1ccccc1. The topological polar surface area (TPSA) is 38.7 Å². The van der Waals surface area contributed by atoms with Crippen molar-refractivity contribution >= 4 is 7.32 Å². The first-order valence-corrected chi connectivity index (χ1v) is 6.82. The molecule has 0 spiro atoms. The van der Waals surface area contributed by atoms with E-state index in [-0.39, 0.29) is 5.92 Å². The summed E-state index contributed by atoms with van der Waals surface area (Å²) < 4.78 is 10.4. The monoisotopic (exact) mass is 270 g/mol. The zero-order valence-electron chi connectivity index (χ0n) is 11.6. The van der Waals surface area contributed by atoms with Crippen molar-refractivity contribution in [3.05, 3.63) is 71.8 Å². The molecular weight excluding hydrogens is 251 g/mol. The highest BCUT2D eigenvalue weighted by Gasteiger charge is 2.20. The Bertz CT molecular complexity index is 450. The molecule has 0 aliphatic rings. The number of benzene rings is 2. The first kappa shape index (κ1) is 14.8. The highest BCUT2D eigenvalue weighted by Crippen LogP contribution is 2.24. The first-order chi connectivity index (χ1) is 9.81. The van der Waals surface area contributed by atoms with Gasteiger partial charge in [-0.15, -0.1) is 0 Å². The third-order valence-electron chi connectivity index (χ3n) is 3.12. The minimum atomic E-state index is -1.17. The smallest absolute Gasteiger partial charge is 0.402 e. The molecule has 1 N–H and O–H groups in total. The van der Waals surface area contributed by atoms with E-state index in [0.29, 0.717) is 13.2 Å². The van der Waals surface area contributed by atoms with Crippen molar-refractivity contribution in [1.82, 2.24) is 0 Å². The van der Waals surface area contributed by atoms with Gasteiger partial charge < -0.3 is 14.3 Å². The molecule has 2 aromatic carbocycles. The summed E-state index contributed by atoms with van der Waals surface area (Å²) in [6, 6.07) is 20.2. The molecule has 2 aromatic rings. The van der Waals surface area contributed by atoms with Crippen LogP contribution in [-0.4, -0.2) is 25.6 Å². The van der Waals surface area contributed by atoms with E-state index in [2.05, 4.69) is 24.3 Å². The van der Waals surface area contributed by atoms with E-state index in [1.165, 1.54) is 0 Å². The number of hydrogen-bond acceptors (Lipinski definition) is 3. The van der Waals surface area contributed by atoms with E-state index in [1.807, 2.05) is 43.3 Å². The molecule has 0 heterocycles. The normalized spacial score (nSPS) is 10.8. The van der Waals surface area contributed by atoms with Gasteiger partial charge in [0.1, 0.15) is 0 Å². The average molecular weight is 270 g/mol. The van der Waals surface area contributed by atoms with Gasteiger partial charge in [-0.3, -0.25) is 0 Å². The van der Waals surface area contributed by atoms with Crippen LogP contribution in [-0.2, 0) is 9.31 Å². The maximum atomic E-state index is 9.55. The van der Waals surface area contributed by atoms with Gasteiger partial charge in [0, 0.05) is 19.1 Å². The van der Waals surface area contributed by atoms with Crippen LogP contribution in [0.4, 0.5) is 0 Å². The fraction of sp³-hybridized carbons (Fsp3) is 0.250. The van der Waals surface area contributed by atoms with E-state index in [1.54, 1.807) is 0 Å². The van der Waals surface area contributed by atoms with Gasteiger partial charge >= 0.3 is 7.32 Å². The fourth-order valence-electron chi connectivity index (χ4n) is 2.12. The van der Waals surface area contributed by atoms with Gasteiger partial charge in [-0.05, 0) is 18.1 Å². The van der Waals surface area contributed by atoms with Crippen molar-refractivity contribution < 1.29 is 14.3 Å². The number of rotatable bonds is 7. The predicted octanol–water partition coefficient (Wildman–Crippen LogP) is 2.85. The molecule has 3 nitrogen and oxygen atoms in total. The molecule has 2 rings (SSSR count). The second-order valence-electron chi connectivity index (χ2n) is 4.47. The largest absolute Gasteiger partial charge is 0.636 e. The summed E-state index contributed by atoms with van der Waals surface area (Å²) in [4.78, 5) is 0. The van der Waals surface area contributed by atoms with Gasteiger partial charge in [-0.2, -0.15) is 0 Å². The van der Waals surface area contributed by atoms with Crippen molar-refractivity contribution in [2.45, 2.75) is 12.8 Å². The van der Waals surface area contributed by atoms with Gasteiger partial charge in [0.2, 0.25) is 0 Å². The molecule has 104 valence electrons. The molecule has 0 radical (unpaired) electrons. The van der Waals surface area contributed by atoms with E-state index < -0.39 is 7.32 Å². The standard InChI is InChI=1S/C16H19BO3/c1-2-19-17(18)20-13-16(14-9-5-3-6-10-14)15-11-7-4-8-12-15/h3-12,16,18H,2,13H2,1H3. The van der Waals surface area contributed by atoms with Gasteiger partial charge in [0.05, 0.1) is 0 Å². The summed E-state index contributed by atoms with van der Waals surface area (Å²) in [5.41, 5.74) is 2.31. The third kappa shape index (κ3) is 4.20.